The lowest BCUT2D eigenvalue weighted by Crippen LogP contribution is -2.43. The number of nitrogens with one attached hydrogen (secondary N) is 2. The van der Waals surface area contributed by atoms with Gasteiger partial charge < -0.3 is 10.4 Å². The minimum Gasteiger partial charge on any atom is -0.394 e. The van der Waals surface area contributed by atoms with Crippen molar-refractivity contribution in [3.05, 3.63) is 22.3 Å². The second-order valence-electron chi connectivity index (χ2n) is 4.29. The molecule has 1 aromatic rings. The number of nitrogens with zero attached hydrogens (tertiary/aromatic N) is 2. The Morgan fingerprint density at radius 3 is 2.84 bits per heavy atom. The van der Waals surface area contributed by atoms with E-state index in [1.54, 1.807) is 0 Å². The monoisotopic (exact) mass is 326 g/mol. The van der Waals surface area contributed by atoms with Gasteiger partial charge in [-0.05, 0) is 27.9 Å². The highest BCUT2D eigenvalue weighted by Gasteiger charge is 2.15. The topological polar surface area (TPSA) is 98.0 Å². The Kier molecular flexibility index (Phi) is 5.73. The molecule has 0 aromatic carbocycles. The van der Waals surface area contributed by atoms with Crippen LogP contribution < -0.4 is 10.6 Å². The molecule has 1 aromatic heterocycles. The summed E-state index contributed by atoms with van der Waals surface area (Å²) in [7, 11) is 0. The van der Waals surface area contributed by atoms with Gasteiger partial charge in [-0.1, -0.05) is 13.8 Å². The van der Waals surface area contributed by atoms with Crippen LogP contribution in [0.4, 0.5) is 10.6 Å². The number of hydrogen-bond acceptors (Lipinski definition) is 4. The van der Waals surface area contributed by atoms with Gasteiger partial charge in [-0.25, -0.2) is 9.78 Å². The first-order chi connectivity index (χ1) is 8.97. The molecule has 7 heteroatoms. The van der Waals surface area contributed by atoms with Crippen molar-refractivity contribution in [1.82, 2.24) is 10.3 Å². The Balaban J connectivity index is 2.70. The highest BCUT2D eigenvalue weighted by atomic mass is 79.9. The van der Waals surface area contributed by atoms with E-state index in [4.69, 9.17) is 10.4 Å². The van der Waals surface area contributed by atoms with E-state index < -0.39 is 6.03 Å². The maximum atomic E-state index is 11.7. The fourth-order valence-corrected chi connectivity index (χ4v) is 1.64. The number of halogens is 1. The fraction of sp³-hybridized carbons (Fsp3) is 0.417. The average molecular weight is 327 g/mol. The van der Waals surface area contributed by atoms with Crippen LogP contribution in [-0.2, 0) is 0 Å². The zero-order valence-corrected chi connectivity index (χ0v) is 12.2. The molecule has 0 saturated heterocycles. The number of amides is 2. The molecule has 2 amide bonds. The van der Waals surface area contributed by atoms with Crippen LogP contribution in [0, 0.1) is 17.2 Å². The molecule has 0 fully saturated rings. The molecule has 1 rings (SSSR count). The quantitative estimate of drug-likeness (QED) is 0.786. The molecule has 1 atom stereocenters. The van der Waals surface area contributed by atoms with Gasteiger partial charge in [0.25, 0.3) is 0 Å². The summed E-state index contributed by atoms with van der Waals surface area (Å²) in [6.07, 6.45) is 1.44. The molecule has 3 N–H and O–H groups in total. The SMILES string of the molecule is CC(C)[C@@H](CO)NC(=O)Nc1cc(C#N)c(Br)cn1. The van der Waals surface area contributed by atoms with Crippen LogP contribution in [0.1, 0.15) is 19.4 Å². The molecule has 0 saturated carbocycles. The molecule has 0 aliphatic carbocycles. The Labute approximate surface area is 120 Å². The smallest absolute Gasteiger partial charge is 0.320 e. The molecule has 0 unspecified atom stereocenters. The van der Waals surface area contributed by atoms with Gasteiger partial charge in [0.2, 0.25) is 0 Å². The average Bonchev–Trinajstić information content (AvgIpc) is 2.37. The predicted molar refractivity (Wildman–Crippen MR) is 74.5 cm³/mol. The molecule has 0 bridgehead atoms. The van der Waals surface area contributed by atoms with E-state index in [1.807, 2.05) is 19.9 Å². The van der Waals surface area contributed by atoms with Crippen molar-refractivity contribution in [3.63, 3.8) is 0 Å². The van der Waals surface area contributed by atoms with Crippen molar-refractivity contribution < 1.29 is 9.90 Å². The Hall–Kier alpha value is -1.65. The number of urea groups is 1. The lowest BCUT2D eigenvalue weighted by atomic mass is 10.1. The number of aliphatic hydroxyl groups is 1. The van der Waals surface area contributed by atoms with E-state index in [0.29, 0.717) is 10.0 Å². The summed E-state index contributed by atoms with van der Waals surface area (Å²) >= 11 is 3.18. The number of nitriles is 1. The largest absolute Gasteiger partial charge is 0.394 e. The summed E-state index contributed by atoms with van der Waals surface area (Å²) in [5.74, 6) is 0.390. The minimum absolute atomic E-state index is 0.114. The molecular weight excluding hydrogens is 312 g/mol. The number of aromatic nitrogens is 1. The normalized spacial score (nSPS) is 11.8. The van der Waals surface area contributed by atoms with Gasteiger partial charge in [0.05, 0.1) is 22.7 Å². The van der Waals surface area contributed by atoms with Gasteiger partial charge in [0.15, 0.2) is 0 Å². The summed E-state index contributed by atoms with van der Waals surface area (Å²) < 4.78 is 0.566. The maximum Gasteiger partial charge on any atom is 0.320 e. The molecule has 0 spiro atoms. The first-order valence-electron chi connectivity index (χ1n) is 5.72. The van der Waals surface area contributed by atoms with Gasteiger partial charge >= 0.3 is 6.03 Å². The van der Waals surface area contributed by atoms with Crippen LogP contribution >= 0.6 is 15.9 Å². The van der Waals surface area contributed by atoms with Crippen LogP contribution in [0.5, 0.6) is 0 Å². The Bertz CT molecular complexity index is 499. The molecule has 0 aliphatic rings. The van der Waals surface area contributed by atoms with Crippen molar-refractivity contribution in [2.24, 2.45) is 5.92 Å². The third-order valence-corrected chi connectivity index (χ3v) is 3.17. The summed E-state index contributed by atoms with van der Waals surface area (Å²) in [4.78, 5) is 15.7. The van der Waals surface area contributed by atoms with E-state index in [0.717, 1.165) is 0 Å². The van der Waals surface area contributed by atoms with Crippen LogP contribution in [0.15, 0.2) is 16.7 Å². The zero-order valence-electron chi connectivity index (χ0n) is 10.6. The first-order valence-corrected chi connectivity index (χ1v) is 6.51. The molecule has 102 valence electrons. The second kappa shape index (κ2) is 7.07. The van der Waals surface area contributed by atoms with E-state index >= 15 is 0 Å². The van der Waals surface area contributed by atoms with Crippen molar-refractivity contribution >= 4 is 27.8 Å². The molecule has 0 radical (unpaired) electrons. The van der Waals surface area contributed by atoms with Crippen molar-refractivity contribution in [3.8, 4) is 6.07 Å². The lowest BCUT2D eigenvalue weighted by Gasteiger charge is -2.19. The number of anilines is 1. The van der Waals surface area contributed by atoms with Crippen molar-refractivity contribution in [2.45, 2.75) is 19.9 Å². The van der Waals surface area contributed by atoms with Gasteiger partial charge in [-0.2, -0.15) is 5.26 Å². The molecule has 1 heterocycles. The highest BCUT2D eigenvalue weighted by Crippen LogP contribution is 2.17. The van der Waals surface area contributed by atoms with Gasteiger partial charge in [0, 0.05) is 6.20 Å². The van der Waals surface area contributed by atoms with E-state index in [-0.39, 0.29) is 24.4 Å². The summed E-state index contributed by atoms with van der Waals surface area (Å²) in [6, 6.07) is 2.65. The van der Waals surface area contributed by atoms with Crippen molar-refractivity contribution in [2.75, 3.05) is 11.9 Å². The van der Waals surface area contributed by atoms with E-state index in [2.05, 4.69) is 31.5 Å². The van der Waals surface area contributed by atoms with E-state index in [9.17, 15) is 4.79 Å². The summed E-state index contributed by atoms with van der Waals surface area (Å²) in [5.41, 5.74) is 0.382. The predicted octanol–water partition coefficient (Wildman–Crippen LogP) is 1.85. The number of hydrogen-bond donors (Lipinski definition) is 3. The van der Waals surface area contributed by atoms with Gasteiger partial charge in [-0.3, -0.25) is 5.32 Å². The lowest BCUT2D eigenvalue weighted by molar-refractivity contribution is 0.204. The van der Waals surface area contributed by atoms with Crippen LogP contribution in [-0.4, -0.2) is 28.8 Å². The molecule has 19 heavy (non-hydrogen) atoms. The Morgan fingerprint density at radius 2 is 2.32 bits per heavy atom. The summed E-state index contributed by atoms with van der Waals surface area (Å²) in [5, 5.41) is 23.1. The molecular formula is C12H15BrN4O2. The Morgan fingerprint density at radius 1 is 1.63 bits per heavy atom. The third kappa shape index (κ3) is 4.50. The van der Waals surface area contributed by atoms with Crippen molar-refractivity contribution in [1.29, 1.82) is 5.26 Å². The molecule has 6 nitrogen and oxygen atoms in total. The maximum absolute atomic E-state index is 11.7. The number of carbonyl (C=O) groups is 1. The first kappa shape index (κ1) is 15.4. The molecule has 0 aliphatic heterocycles. The third-order valence-electron chi connectivity index (χ3n) is 2.54. The summed E-state index contributed by atoms with van der Waals surface area (Å²) in [6.45, 7) is 3.65. The number of pyridine rings is 1. The van der Waals surface area contributed by atoms with E-state index in [1.165, 1.54) is 12.3 Å². The van der Waals surface area contributed by atoms with Gasteiger partial charge in [-0.15, -0.1) is 0 Å². The number of aliphatic hydroxyl groups excluding tert-OH is 1. The highest BCUT2D eigenvalue weighted by molar-refractivity contribution is 9.10. The number of rotatable bonds is 4. The zero-order chi connectivity index (χ0) is 14.4. The van der Waals surface area contributed by atoms with Crippen LogP contribution in [0.2, 0.25) is 0 Å². The number of carbonyl (C=O) groups excluding carboxylic acids is 1. The van der Waals surface area contributed by atoms with Crippen LogP contribution in [0.3, 0.4) is 0 Å². The minimum atomic E-state index is -0.466. The standard InChI is InChI=1S/C12H15BrN4O2/c1-7(2)10(6-18)16-12(19)17-11-3-8(4-14)9(13)5-15-11/h3,5,7,10,18H,6H2,1-2H3,(H2,15,16,17,19)/t10-/m1/s1. The van der Waals surface area contributed by atoms with Crippen LogP contribution in [0.25, 0.3) is 0 Å². The fourth-order valence-electron chi connectivity index (χ4n) is 1.34. The van der Waals surface area contributed by atoms with Gasteiger partial charge in [0.1, 0.15) is 11.9 Å². The second-order valence-corrected chi connectivity index (χ2v) is 5.15.